The predicted octanol–water partition coefficient (Wildman–Crippen LogP) is 5.88. The van der Waals surface area contributed by atoms with Crippen molar-refractivity contribution in [2.45, 2.75) is 40.0 Å². The van der Waals surface area contributed by atoms with Gasteiger partial charge in [-0.2, -0.15) is 0 Å². The van der Waals surface area contributed by atoms with Crippen molar-refractivity contribution in [2.75, 3.05) is 0 Å². The summed E-state index contributed by atoms with van der Waals surface area (Å²) in [5.41, 5.74) is 7.68. The molecule has 0 amide bonds. The van der Waals surface area contributed by atoms with Gasteiger partial charge in [0.15, 0.2) is 0 Å². The quantitative estimate of drug-likeness (QED) is 0.479. The summed E-state index contributed by atoms with van der Waals surface area (Å²) in [6.07, 6.45) is 6.21. The smallest absolute Gasteiger partial charge is 0.258 e. The number of hydrogen-bond acceptors (Lipinski definition) is 2. The van der Waals surface area contributed by atoms with Gasteiger partial charge in [0.2, 0.25) is 0 Å². The Bertz CT molecular complexity index is 1160. The highest BCUT2D eigenvalue weighted by molar-refractivity contribution is 6.17. The molecule has 0 N–H and O–H groups in total. The fourth-order valence-corrected chi connectivity index (χ4v) is 4.96. The standard InChI is InChI=1S/C23H21NO2/c1-12-6-7-13-8-16-21-19(13)14(12)9-17-20(21)15(10-22(16,2)3)18(24(25)26)11-23(17,4)5/h6-11H,1-5H3. The second kappa shape index (κ2) is 4.35. The van der Waals surface area contributed by atoms with Crippen LogP contribution in [0.3, 0.4) is 0 Å². The summed E-state index contributed by atoms with van der Waals surface area (Å²) < 4.78 is 0. The van der Waals surface area contributed by atoms with Crippen molar-refractivity contribution in [1.29, 1.82) is 0 Å². The van der Waals surface area contributed by atoms with Crippen LogP contribution < -0.4 is 0 Å². The van der Waals surface area contributed by atoms with Crippen molar-refractivity contribution in [3.63, 3.8) is 0 Å². The fourth-order valence-electron chi connectivity index (χ4n) is 4.96. The fraction of sp³-hybridized carbons (Fsp3) is 0.304. The van der Waals surface area contributed by atoms with Crippen LogP contribution in [0.5, 0.6) is 0 Å². The zero-order valence-corrected chi connectivity index (χ0v) is 15.7. The molecule has 0 bridgehead atoms. The van der Waals surface area contributed by atoms with Gasteiger partial charge in [-0.05, 0) is 57.7 Å². The van der Waals surface area contributed by atoms with Gasteiger partial charge in [-0.3, -0.25) is 10.1 Å². The Morgan fingerprint density at radius 3 is 2.42 bits per heavy atom. The molecule has 0 atom stereocenters. The normalized spacial score (nSPS) is 20.6. The van der Waals surface area contributed by atoms with E-state index in [-0.39, 0.29) is 21.5 Å². The number of hydrogen-bond donors (Lipinski definition) is 0. The first-order chi connectivity index (χ1) is 12.1. The maximum Gasteiger partial charge on any atom is 0.273 e. The van der Waals surface area contributed by atoms with Gasteiger partial charge >= 0.3 is 0 Å². The molecule has 26 heavy (non-hydrogen) atoms. The molecule has 0 radical (unpaired) electrons. The largest absolute Gasteiger partial charge is 0.273 e. The lowest BCUT2D eigenvalue weighted by Gasteiger charge is -2.38. The van der Waals surface area contributed by atoms with Gasteiger partial charge in [0, 0.05) is 22.5 Å². The van der Waals surface area contributed by atoms with Crippen molar-refractivity contribution >= 4 is 28.0 Å². The van der Waals surface area contributed by atoms with Gasteiger partial charge in [-0.25, -0.2) is 0 Å². The summed E-state index contributed by atoms with van der Waals surface area (Å²) >= 11 is 0. The van der Waals surface area contributed by atoms with E-state index in [1.54, 1.807) is 0 Å². The van der Waals surface area contributed by atoms with Crippen molar-refractivity contribution in [3.05, 3.63) is 74.0 Å². The van der Waals surface area contributed by atoms with Crippen LogP contribution in [0, 0.1) is 22.5 Å². The minimum Gasteiger partial charge on any atom is -0.258 e. The Labute approximate surface area is 152 Å². The molecule has 3 aliphatic rings. The maximum absolute atomic E-state index is 11.9. The van der Waals surface area contributed by atoms with Crippen molar-refractivity contribution < 1.29 is 4.92 Å². The molecule has 130 valence electrons. The molecule has 0 saturated carbocycles. The molecule has 3 nitrogen and oxygen atoms in total. The molecule has 2 aromatic rings. The molecule has 0 spiro atoms. The number of nitrogens with zero attached hydrogens (tertiary/aromatic N) is 1. The predicted molar refractivity (Wildman–Crippen MR) is 106 cm³/mol. The van der Waals surface area contributed by atoms with Crippen LogP contribution in [0.15, 0.2) is 36.0 Å². The highest BCUT2D eigenvalue weighted by Gasteiger charge is 2.44. The lowest BCUT2D eigenvalue weighted by molar-refractivity contribution is -0.417. The van der Waals surface area contributed by atoms with Crippen LogP contribution in [-0.4, -0.2) is 4.92 Å². The van der Waals surface area contributed by atoms with E-state index >= 15 is 0 Å². The molecule has 5 rings (SSSR count). The van der Waals surface area contributed by atoms with Crippen molar-refractivity contribution in [2.24, 2.45) is 5.41 Å². The lowest BCUT2D eigenvalue weighted by Crippen LogP contribution is -2.28. The minimum absolute atomic E-state index is 0.218. The van der Waals surface area contributed by atoms with E-state index in [0.717, 1.165) is 11.1 Å². The first kappa shape index (κ1) is 15.6. The van der Waals surface area contributed by atoms with E-state index in [0.29, 0.717) is 0 Å². The number of allylic oxidation sites excluding steroid dienone is 4. The monoisotopic (exact) mass is 343 g/mol. The molecule has 0 aliphatic heterocycles. The van der Waals surface area contributed by atoms with Crippen LogP contribution in [0.2, 0.25) is 0 Å². The maximum atomic E-state index is 11.9. The summed E-state index contributed by atoms with van der Waals surface area (Å²) in [5.74, 6) is 0. The Morgan fingerprint density at radius 1 is 1.00 bits per heavy atom. The van der Waals surface area contributed by atoms with E-state index in [9.17, 15) is 10.1 Å². The molecule has 0 fully saturated rings. The molecule has 3 heteroatoms. The zero-order chi connectivity index (χ0) is 18.6. The third kappa shape index (κ3) is 1.68. The average molecular weight is 343 g/mol. The topological polar surface area (TPSA) is 43.1 Å². The molecule has 0 heterocycles. The summed E-state index contributed by atoms with van der Waals surface area (Å²) in [6.45, 7) is 10.6. The summed E-state index contributed by atoms with van der Waals surface area (Å²) in [4.78, 5) is 11.6. The second-order valence-corrected chi connectivity index (χ2v) is 8.91. The molecule has 0 saturated heterocycles. The van der Waals surface area contributed by atoms with Gasteiger partial charge < -0.3 is 0 Å². The van der Waals surface area contributed by atoms with E-state index in [4.69, 9.17) is 0 Å². The van der Waals surface area contributed by atoms with Crippen LogP contribution in [0.1, 0.15) is 55.5 Å². The van der Waals surface area contributed by atoms with Gasteiger partial charge in [0.1, 0.15) is 0 Å². The van der Waals surface area contributed by atoms with Crippen LogP contribution in [0.4, 0.5) is 0 Å². The average Bonchev–Trinajstić information content (AvgIpc) is 2.94. The van der Waals surface area contributed by atoms with E-state index in [1.807, 2.05) is 6.08 Å². The SMILES string of the molecule is Cc1ccc2c3c4c5c(cc13)C(C)(C)C=C([N+](=O)[O-])C5=CC(C)(C)C4=C2. The zero-order valence-electron chi connectivity index (χ0n) is 15.7. The van der Waals surface area contributed by atoms with E-state index < -0.39 is 0 Å². The molecular formula is C23H21NO2. The number of rotatable bonds is 1. The number of aryl methyl sites for hydroxylation is 1. The van der Waals surface area contributed by atoms with Gasteiger partial charge in [-0.1, -0.05) is 45.9 Å². The van der Waals surface area contributed by atoms with Gasteiger partial charge in [-0.15, -0.1) is 0 Å². The molecular weight excluding hydrogens is 322 g/mol. The van der Waals surface area contributed by atoms with Crippen LogP contribution in [0.25, 0.3) is 28.0 Å². The Morgan fingerprint density at radius 2 is 1.73 bits per heavy atom. The Balaban J connectivity index is 2.04. The third-order valence-corrected chi connectivity index (χ3v) is 6.26. The molecule has 0 aromatic heterocycles. The highest BCUT2D eigenvalue weighted by atomic mass is 16.6. The molecule has 3 aliphatic carbocycles. The number of nitro groups is 1. The molecule has 2 aromatic carbocycles. The second-order valence-electron chi connectivity index (χ2n) is 8.91. The summed E-state index contributed by atoms with van der Waals surface area (Å²) in [7, 11) is 0. The highest BCUT2D eigenvalue weighted by Crippen LogP contribution is 2.58. The molecule has 0 unspecified atom stereocenters. The first-order valence-corrected chi connectivity index (χ1v) is 9.06. The lowest BCUT2D eigenvalue weighted by atomic mass is 9.64. The van der Waals surface area contributed by atoms with Crippen molar-refractivity contribution in [1.82, 2.24) is 0 Å². The van der Waals surface area contributed by atoms with Gasteiger partial charge in [0.25, 0.3) is 5.70 Å². The minimum atomic E-state index is -0.378. The van der Waals surface area contributed by atoms with E-state index in [1.165, 1.54) is 38.6 Å². The van der Waals surface area contributed by atoms with E-state index in [2.05, 4.69) is 65.0 Å². The Hall–Kier alpha value is -2.68. The summed E-state index contributed by atoms with van der Waals surface area (Å²) in [5, 5.41) is 14.4. The first-order valence-electron chi connectivity index (χ1n) is 9.06. The van der Waals surface area contributed by atoms with Crippen LogP contribution >= 0.6 is 0 Å². The van der Waals surface area contributed by atoms with Crippen molar-refractivity contribution in [3.8, 4) is 0 Å². The van der Waals surface area contributed by atoms with Gasteiger partial charge in [0.05, 0.1) is 10.5 Å². The summed E-state index contributed by atoms with van der Waals surface area (Å²) in [6, 6.07) is 6.63. The third-order valence-electron chi connectivity index (χ3n) is 6.26. The Kier molecular flexibility index (Phi) is 2.60. The van der Waals surface area contributed by atoms with Crippen LogP contribution in [-0.2, 0) is 5.41 Å². The number of benzene rings is 2.